The van der Waals surface area contributed by atoms with Crippen LogP contribution >= 0.6 is 0 Å². The van der Waals surface area contributed by atoms with Crippen LogP contribution in [0.1, 0.15) is 12.7 Å². The molecule has 1 fully saturated rings. The van der Waals surface area contributed by atoms with Crippen molar-refractivity contribution in [3.63, 3.8) is 0 Å². The Hall–Kier alpha value is -2.15. The summed E-state index contributed by atoms with van der Waals surface area (Å²) in [5.41, 5.74) is 0.818. The van der Waals surface area contributed by atoms with Crippen molar-refractivity contribution in [1.29, 1.82) is 0 Å². The van der Waals surface area contributed by atoms with Crippen molar-refractivity contribution in [1.82, 2.24) is 9.55 Å². The third kappa shape index (κ3) is 2.84. The summed E-state index contributed by atoms with van der Waals surface area (Å²) in [7, 11) is 0. The van der Waals surface area contributed by atoms with Gasteiger partial charge >= 0.3 is 0 Å². The van der Waals surface area contributed by atoms with Crippen LogP contribution in [0.25, 0.3) is 11.0 Å². The number of aromatic nitrogens is 2. The van der Waals surface area contributed by atoms with Gasteiger partial charge in [0.05, 0.1) is 26.1 Å². The second-order valence-corrected chi connectivity index (χ2v) is 5.85. The van der Waals surface area contributed by atoms with Gasteiger partial charge in [0.15, 0.2) is 5.76 Å². The van der Waals surface area contributed by atoms with Crippen molar-refractivity contribution < 1.29 is 18.6 Å². The number of hydrogen-bond acceptors (Lipinski definition) is 5. The molecule has 1 aliphatic rings. The third-order valence-corrected chi connectivity index (χ3v) is 4.12. The zero-order chi connectivity index (χ0) is 16.4. The molecule has 4 rings (SSSR count). The monoisotopic (exact) mass is 328 g/mol. The lowest BCUT2D eigenvalue weighted by Crippen LogP contribution is -2.33. The number of fused-ring (bicyclic) bond motifs is 1. The lowest BCUT2D eigenvalue weighted by molar-refractivity contribution is -0.202. The van der Waals surface area contributed by atoms with Crippen LogP contribution < -0.4 is 0 Å². The Morgan fingerprint density at radius 1 is 1.38 bits per heavy atom. The van der Waals surface area contributed by atoms with Gasteiger partial charge in [0.2, 0.25) is 5.79 Å². The Morgan fingerprint density at radius 2 is 2.29 bits per heavy atom. The summed E-state index contributed by atoms with van der Waals surface area (Å²) in [4.78, 5) is 4.10. The Balaban J connectivity index is 1.67. The van der Waals surface area contributed by atoms with E-state index in [0.717, 1.165) is 11.0 Å². The molecule has 0 bridgehead atoms. The summed E-state index contributed by atoms with van der Waals surface area (Å²) in [6.45, 7) is 4.05. The van der Waals surface area contributed by atoms with Crippen molar-refractivity contribution in [2.75, 3.05) is 19.8 Å². The van der Waals surface area contributed by atoms with Crippen molar-refractivity contribution in [3.8, 4) is 0 Å². The highest BCUT2D eigenvalue weighted by molar-refractivity contribution is 5.77. The van der Waals surface area contributed by atoms with Gasteiger partial charge in [-0.25, -0.2) is 4.98 Å². The summed E-state index contributed by atoms with van der Waals surface area (Å²) < 4.78 is 25.8. The van der Waals surface area contributed by atoms with Crippen LogP contribution in [0, 0.1) is 0 Å². The molecule has 1 aliphatic heterocycles. The van der Waals surface area contributed by atoms with Gasteiger partial charge in [-0.1, -0.05) is 18.2 Å². The lowest BCUT2D eigenvalue weighted by atomic mass is 10.2. The van der Waals surface area contributed by atoms with Gasteiger partial charge in [-0.15, -0.1) is 0 Å². The highest BCUT2D eigenvalue weighted by atomic mass is 16.8. The number of nitrogens with zero attached hydrogens (tertiary/aromatic N) is 2. The van der Waals surface area contributed by atoms with E-state index < -0.39 is 5.79 Å². The van der Waals surface area contributed by atoms with Crippen molar-refractivity contribution in [2.24, 2.45) is 0 Å². The number of benzene rings is 1. The van der Waals surface area contributed by atoms with E-state index in [0.29, 0.717) is 32.1 Å². The minimum absolute atomic E-state index is 0.123. The van der Waals surface area contributed by atoms with Gasteiger partial charge in [-0.2, -0.15) is 0 Å². The largest absolute Gasteiger partial charge is 0.455 e. The maximum atomic E-state index is 6.25. The highest BCUT2D eigenvalue weighted by Crippen LogP contribution is 2.38. The van der Waals surface area contributed by atoms with E-state index >= 15 is 0 Å². The van der Waals surface area contributed by atoms with E-state index in [2.05, 4.69) is 4.98 Å². The smallest absolute Gasteiger partial charge is 0.247 e. The van der Waals surface area contributed by atoms with Crippen LogP contribution in [0.3, 0.4) is 0 Å². The number of hydrogen-bond donors (Lipinski definition) is 0. The van der Waals surface area contributed by atoms with Crippen molar-refractivity contribution in [2.45, 2.75) is 25.4 Å². The normalized spacial score (nSPS) is 24.0. The average Bonchev–Trinajstić information content (AvgIpc) is 3.33. The maximum absolute atomic E-state index is 6.25. The van der Waals surface area contributed by atoms with E-state index in [9.17, 15) is 0 Å². The highest BCUT2D eigenvalue weighted by Gasteiger charge is 2.46. The zero-order valence-corrected chi connectivity index (χ0v) is 13.6. The summed E-state index contributed by atoms with van der Waals surface area (Å²) in [5, 5.41) is 1.03. The van der Waals surface area contributed by atoms with E-state index in [1.54, 1.807) is 12.5 Å². The SMILES string of the molecule is CCOCC1COC(Cn2ccnc2)(c2cc3ccccc3o2)O1. The van der Waals surface area contributed by atoms with Crippen molar-refractivity contribution >= 4 is 11.0 Å². The molecule has 0 aliphatic carbocycles. The van der Waals surface area contributed by atoms with Gasteiger partial charge in [-0.3, -0.25) is 0 Å². The number of furan rings is 1. The summed E-state index contributed by atoms with van der Waals surface area (Å²) in [6, 6.07) is 9.87. The number of ether oxygens (including phenoxy) is 3. The first-order valence-electron chi connectivity index (χ1n) is 8.13. The molecule has 2 atom stereocenters. The van der Waals surface area contributed by atoms with Gasteiger partial charge in [0, 0.05) is 24.4 Å². The second kappa shape index (κ2) is 6.39. The fraction of sp³-hybridized carbons (Fsp3) is 0.389. The Kier molecular flexibility index (Phi) is 4.10. The molecule has 0 saturated carbocycles. The fourth-order valence-electron chi connectivity index (χ4n) is 2.98. The topological polar surface area (TPSA) is 58.7 Å². The van der Waals surface area contributed by atoms with E-state index in [1.165, 1.54) is 0 Å². The third-order valence-electron chi connectivity index (χ3n) is 4.12. The Morgan fingerprint density at radius 3 is 3.08 bits per heavy atom. The minimum Gasteiger partial charge on any atom is -0.455 e. The molecular weight excluding hydrogens is 308 g/mol. The number of para-hydroxylation sites is 1. The summed E-state index contributed by atoms with van der Waals surface area (Å²) in [5.74, 6) is -0.307. The van der Waals surface area contributed by atoms with Crippen LogP contribution in [0.2, 0.25) is 0 Å². The summed E-state index contributed by atoms with van der Waals surface area (Å²) in [6.07, 6.45) is 5.24. The molecule has 2 unspecified atom stereocenters. The van der Waals surface area contributed by atoms with Gasteiger partial charge < -0.3 is 23.2 Å². The molecule has 0 spiro atoms. The standard InChI is InChI=1S/C18H20N2O4/c1-2-21-10-15-11-22-18(24-15,12-20-8-7-19-13-20)17-9-14-5-3-4-6-16(14)23-17/h3-9,13,15H,2,10-12H2,1H3. The average molecular weight is 328 g/mol. The molecule has 3 aromatic rings. The van der Waals surface area contributed by atoms with E-state index in [-0.39, 0.29) is 6.10 Å². The Labute approximate surface area is 139 Å². The molecule has 2 aromatic heterocycles. The van der Waals surface area contributed by atoms with Crippen molar-refractivity contribution in [3.05, 3.63) is 54.8 Å². The molecular formula is C18H20N2O4. The van der Waals surface area contributed by atoms with Crippen LogP contribution in [-0.2, 0) is 26.5 Å². The first-order valence-corrected chi connectivity index (χ1v) is 8.13. The maximum Gasteiger partial charge on any atom is 0.247 e. The minimum atomic E-state index is -0.971. The lowest BCUT2D eigenvalue weighted by Gasteiger charge is -2.26. The van der Waals surface area contributed by atoms with Crippen LogP contribution in [-0.4, -0.2) is 35.5 Å². The van der Waals surface area contributed by atoms with Crippen LogP contribution in [0.5, 0.6) is 0 Å². The quantitative estimate of drug-likeness (QED) is 0.696. The number of rotatable bonds is 6. The van der Waals surface area contributed by atoms with Gasteiger partial charge in [0.25, 0.3) is 0 Å². The first-order chi connectivity index (χ1) is 11.8. The van der Waals surface area contributed by atoms with E-state index in [1.807, 2.05) is 48.0 Å². The molecule has 126 valence electrons. The Bertz CT molecular complexity index is 765. The van der Waals surface area contributed by atoms with Crippen LogP contribution in [0.15, 0.2) is 53.5 Å². The predicted molar refractivity (Wildman–Crippen MR) is 87.4 cm³/mol. The molecule has 6 heteroatoms. The molecule has 3 heterocycles. The van der Waals surface area contributed by atoms with Gasteiger partial charge in [0.1, 0.15) is 11.7 Å². The van der Waals surface area contributed by atoms with E-state index in [4.69, 9.17) is 18.6 Å². The molecule has 0 radical (unpaired) electrons. The molecule has 0 N–H and O–H groups in total. The molecule has 1 aromatic carbocycles. The fourth-order valence-corrected chi connectivity index (χ4v) is 2.98. The van der Waals surface area contributed by atoms with Crippen LogP contribution in [0.4, 0.5) is 0 Å². The first kappa shape index (κ1) is 15.4. The summed E-state index contributed by atoms with van der Waals surface area (Å²) >= 11 is 0. The van der Waals surface area contributed by atoms with Gasteiger partial charge in [-0.05, 0) is 19.1 Å². The number of imidazole rings is 1. The second-order valence-electron chi connectivity index (χ2n) is 5.85. The molecule has 0 amide bonds. The molecule has 1 saturated heterocycles. The zero-order valence-electron chi connectivity index (χ0n) is 13.6. The molecule has 24 heavy (non-hydrogen) atoms. The molecule has 6 nitrogen and oxygen atoms in total. The predicted octanol–water partition coefficient (Wildman–Crippen LogP) is 2.93.